The Morgan fingerprint density at radius 1 is 0.390 bits per heavy atom. The van der Waals surface area contributed by atoms with Crippen molar-refractivity contribution in [2.75, 3.05) is 93.6 Å². The van der Waals surface area contributed by atoms with Gasteiger partial charge in [-0.25, -0.2) is 0 Å². The molecule has 41 heavy (non-hydrogen) atoms. The summed E-state index contributed by atoms with van der Waals surface area (Å²) in [5, 5.41) is 56.7. The Balaban J connectivity index is 1.86. The minimum atomic E-state index is -0.0165. The Bertz CT molecular complexity index is 1130. The Morgan fingerprint density at radius 3 is 1.17 bits per heavy atom. The molecule has 0 spiro atoms. The van der Waals surface area contributed by atoms with E-state index in [0.29, 0.717) is 45.7 Å². The van der Waals surface area contributed by atoms with E-state index in [4.69, 9.17) is 0 Å². The summed E-state index contributed by atoms with van der Waals surface area (Å²) in [6, 6.07) is 22.6. The lowest BCUT2D eigenvalue weighted by Crippen LogP contribution is -2.30. The highest BCUT2D eigenvalue weighted by atomic mass is 16.3. The minimum absolute atomic E-state index is 0.00968. The highest BCUT2D eigenvalue weighted by Gasteiger charge is 2.14. The lowest BCUT2D eigenvalue weighted by molar-refractivity contribution is 0.280. The van der Waals surface area contributed by atoms with Crippen LogP contribution in [-0.2, 0) is 12.8 Å². The van der Waals surface area contributed by atoms with Crippen molar-refractivity contribution in [3.63, 3.8) is 0 Å². The first-order valence-corrected chi connectivity index (χ1v) is 14.3. The fourth-order valence-electron chi connectivity index (χ4n) is 5.12. The summed E-state index contributed by atoms with van der Waals surface area (Å²) in [5.74, 6) is 0. The molecule has 0 heterocycles. The van der Waals surface area contributed by atoms with Crippen molar-refractivity contribution in [2.24, 2.45) is 0 Å². The first-order valence-electron chi connectivity index (χ1n) is 14.3. The molecule has 0 aliphatic carbocycles. The number of rotatable bonds is 19. The van der Waals surface area contributed by atoms with Crippen molar-refractivity contribution in [3.05, 3.63) is 89.0 Å². The van der Waals surface area contributed by atoms with Gasteiger partial charge in [0.2, 0.25) is 0 Å². The molecule has 3 aromatic rings. The van der Waals surface area contributed by atoms with Gasteiger partial charge in [0.25, 0.3) is 0 Å². The average Bonchev–Trinajstić information content (AvgIpc) is 2.98. The smallest absolute Gasteiger partial charge is 0.0606 e. The molecule has 9 nitrogen and oxygen atoms in total. The predicted molar refractivity (Wildman–Crippen MR) is 164 cm³/mol. The normalized spacial score (nSPS) is 11.1. The molecule has 3 aromatic carbocycles. The van der Waals surface area contributed by atoms with Gasteiger partial charge in [-0.05, 0) is 65.4 Å². The van der Waals surface area contributed by atoms with Gasteiger partial charge >= 0.3 is 0 Å². The predicted octanol–water partition coefficient (Wildman–Crippen LogP) is 1.24. The molecule has 0 aliphatic rings. The molecule has 0 saturated carbocycles. The van der Waals surface area contributed by atoms with Crippen LogP contribution in [0.4, 0.5) is 17.1 Å². The van der Waals surface area contributed by atoms with Crippen LogP contribution in [0.3, 0.4) is 0 Å². The molecule has 0 aliphatic heterocycles. The lowest BCUT2D eigenvalue weighted by atomic mass is 9.96. The summed E-state index contributed by atoms with van der Waals surface area (Å²) >= 11 is 0. The Morgan fingerprint density at radius 2 is 0.756 bits per heavy atom. The van der Waals surface area contributed by atoms with Crippen LogP contribution in [0, 0.1) is 0 Å². The van der Waals surface area contributed by atoms with Crippen LogP contribution >= 0.6 is 0 Å². The van der Waals surface area contributed by atoms with Gasteiger partial charge in [-0.15, -0.1) is 0 Å². The number of anilines is 3. The largest absolute Gasteiger partial charge is 0.395 e. The van der Waals surface area contributed by atoms with Gasteiger partial charge in [-0.3, -0.25) is 0 Å². The van der Waals surface area contributed by atoms with Gasteiger partial charge in [0.05, 0.1) is 39.6 Å². The van der Waals surface area contributed by atoms with Crippen LogP contribution < -0.4 is 14.7 Å². The molecule has 0 saturated heterocycles. The molecule has 0 amide bonds. The maximum atomic E-state index is 9.66. The van der Waals surface area contributed by atoms with Crippen molar-refractivity contribution in [2.45, 2.75) is 12.8 Å². The third-order valence-electron chi connectivity index (χ3n) is 7.11. The van der Waals surface area contributed by atoms with Crippen LogP contribution in [-0.4, -0.2) is 110 Å². The first-order chi connectivity index (χ1) is 20.1. The van der Waals surface area contributed by atoms with Gasteiger partial charge in [-0.2, -0.15) is 0 Å². The topological polar surface area (TPSA) is 131 Å². The van der Waals surface area contributed by atoms with Crippen molar-refractivity contribution in [1.29, 1.82) is 0 Å². The third kappa shape index (κ3) is 9.71. The van der Waals surface area contributed by atoms with Crippen molar-refractivity contribution >= 4 is 17.1 Å². The lowest BCUT2D eigenvalue weighted by Gasteiger charge is -2.27. The van der Waals surface area contributed by atoms with Crippen molar-refractivity contribution < 1.29 is 30.6 Å². The summed E-state index contributed by atoms with van der Waals surface area (Å²) in [6.07, 6.45) is 1.39. The van der Waals surface area contributed by atoms with Gasteiger partial charge in [-0.1, -0.05) is 36.4 Å². The van der Waals surface area contributed by atoms with Crippen LogP contribution in [0.25, 0.3) is 0 Å². The second-order valence-corrected chi connectivity index (χ2v) is 9.95. The molecule has 0 radical (unpaired) electrons. The van der Waals surface area contributed by atoms with E-state index in [9.17, 15) is 30.6 Å². The molecule has 224 valence electrons. The molecular weight excluding hydrogens is 522 g/mol. The average molecular weight is 568 g/mol. The summed E-state index contributed by atoms with van der Waals surface area (Å²) in [4.78, 5) is 5.90. The third-order valence-corrected chi connectivity index (χ3v) is 7.11. The van der Waals surface area contributed by atoms with Crippen LogP contribution in [0.2, 0.25) is 0 Å². The summed E-state index contributed by atoms with van der Waals surface area (Å²) < 4.78 is 0. The molecule has 3 rings (SSSR count). The molecule has 0 bridgehead atoms. The molecule has 0 unspecified atom stereocenters. The van der Waals surface area contributed by atoms with Crippen LogP contribution in [0.1, 0.15) is 22.3 Å². The quantitative estimate of drug-likeness (QED) is 0.127. The Hall–Kier alpha value is -3.18. The Labute approximate surface area is 243 Å². The minimum Gasteiger partial charge on any atom is -0.395 e. The van der Waals surface area contributed by atoms with E-state index < -0.39 is 0 Å². The monoisotopic (exact) mass is 567 g/mol. The zero-order valence-electron chi connectivity index (χ0n) is 23.8. The zero-order chi connectivity index (χ0) is 29.5. The molecule has 0 aromatic heterocycles. The maximum Gasteiger partial charge on any atom is 0.0606 e. The number of hydrogen-bond donors (Lipinski definition) is 6. The fraction of sp³-hybridized carbons (Fsp3) is 0.438. The molecule has 6 N–H and O–H groups in total. The van der Waals surface area contributed by atoms with Gasteiger partial charge < -0.3 is 45.3 Å². The number of benzene rings is 3. The van der Waals surface area contributed by atoms with E-state index in [1.54, 1.807) is 0 Å². The number of aliphatic hydroxyl groups is 6. The highest BCUT2D eigenvalue weighted by molar-refractivity contribution is 5.58. The highest BCUT2D eigenvalue weighted by Crippen LogP contribution is 2.27. The molecule has 9 heteroatoms. The van der Waals surface area contributed by atoms with Gasteiger partial charge in [0.1, 0.15) is 0 Å². The molecule has 0 atom stereocenters. The van der Waals surface area contributed by atoms with Crippen molar-refractivity contribution in [3.8, 4) is 0 Å². The van der Waals surface area contributed by atoms with Crippen LogP contribution in [0.15, 0.2) is 66.7 Å². The van der Waals surface area contributed by atoms with E-state index in [1.807, 2.05) is 39.0 Å². The van der Waals surface area contributed by atoms with E-state index >= 15 is 0 Å². The van der Waals surface area contributed by atoms with Crippen molar-refractivity contribution in [1.82, 2.24) is 0 Å². The van der Waals surface area contributed by atoms with E-state index in [0.717, 1.165) is 45.7 Å². The van der Waals surface area contributed by atoms with Gasteiger partial charge in [0, 0.05) is 56.3 Å². The van der Waals surface area contributed by atoms with E-state index in [2.05, 4.69) is 42.5 Å². The second kappa shape index (κ2) is 17.6. The van der Waals surface area contributed by atoms with E-state index in [-0.39, 0.29) is 39.6 Å². The van der Waals surface area contributed by atoms with E-state index in [1.165, 1.54) is 0 Å². The molecular formula is C32H45N3O6. The summed E-state index contributed by atoms with van der Waals surface area (Å²) in [5.41, 5.74) is 7.34. The number of nitrogens with zero attached hydrogens (tertiary/aromatic N) is 3. The number of aliphatic hydroxyl groups excluding tert-OH is 6. The standard InChI is InChI=1S/C32H45N3O6/c36-17-11-33(12-18-37)30-6-1-26(2-7-30)23-28-5-10-32(35(15-21-40)16-22-41)29(25-28)24-27-3-8-31(9-4-27)34(13-19-38)14-20-39/h1-10,25,36-41H,11-24H2. The van der Waals surface area contributed by atoms with Crippen LogP contribution in [0.5, 0.6) is 0 Å². The van der Waals surface area contributed by atoms with Gasteiger partial charge in [0.15, 0.2) is 0 Å². The second-order valence-electron chi connectivity index (χ2n) is 9.95. The first kappa shape index (κ1) is 32.3. The molecule has 0 fully saturated rings. The zero-order valence-corrected chi connectivity index (χ0v) is 23.8. The maximum absolute atomic E-state index is 9.66. The summed E-state index contributed by atoms with van der Waals surface area (Å²) in [6.45, 7) is 2.69. The Kier molecular flexibility index (Phi) is 13.9. The SMILES string of the molecule is OCCN(CCO)c1ccc(Cc2ccc(N(CCO)CCO)c(Cc3ccc(N(CCO)CCO)cc3)c2)cc1. The summed E-state index contributed by atoms with van der Waals surface area (Å²) in [7, 11) is 0. The fourth-order valence-corrected chi connectivity index (χ4v) is 5.12. The number of hydrogen-bond acceptors (Lipinski definition) is 9.